The fourth-order valence-corrected chi connectivity index (χ4v) is 2.41. The second kappa shape index (κ2) is 7.75. The molecule has 0 bridgehead atoms. The van der Waals surface area contributed by atoms with E-state index in [1.165, 1.54) is 7.11 Å². The lowest BCUT2D eigenvalue weighted by molar-refractivity contribution is -0.127. The summed E-state index contributed by atoms with van der Waals surface area (Å²) in [5.41, 5.74) is 1.38. The summed E-state index contributed by atoms with van der Waals surface area (Å²) in [6.07, 6.45) is 3.37. The van der Waals surface area contributed by atoms with Crippen molar-refractivity contribution in [2.24, 2.45) is 0 Å². The van der Waals surface area contributed by atoms with Crippen molar-refractivity contribution in [3.05, 3.63) is 41.5 Å². The van der Waals surface area contributed by atoms with Crippen LogP contribution < -0.4 is 0 Å². The SMILES string of the molecule is CCN1CCN(C(=O)C=Cc2ccc(C(=O)OC)cc2)CC1. The van der Waals surface area contributed by atoms with Crippen LogP contribution in [0.15, 0.2) is 30.3 Å². The van der Waals surface area contributed by atoms with Crippen molar-refractivity contribution in [3.63, 3.8) is 0 Å². The largest absolute Gasteiger partial charge is 0.465 e. The van der Waals surface area contributed by atoms with Gasteiger partial charge in [-0.1, -0.05) is 19.1 Å². The molecule has 22 heavy (non-hydrogen) atoms. The number of esters is 1. The van der Waals surface area contributed by atoms with E-state index in [2.05, 4.69) is 16.6 Å². The van der Waals surface area contributed by atoms with Crippen molar-refractivity contribution in [1.29, 1.82) is 0 Å². The highest BCUT2D eigenvalue weighted by atomic mass is 16.5. The predicted octanol–water partition coefficient (Wildman–Crippen LogP) is 1.65. The first kappa shape index (κ1) is 16.2. The van der Waals surface area contributed by atoms with E-state index in [9.17, 15) is 9.59 Å². The molecule has 118 valence electrons. The highest BCUT2D eigenvalue weighted by Crippen LogP contribution is 2.08. The van der Waals surface area contributed by atoms with Crippen LogP contribution >= 0.6 is 0 Å². The average molecular weight is 302 g/mol. The van der Waals surface area contributed by atoms with Crippen LogP contribution in [-0.2, 0) is 9.53 Å². The monoisotopic (exact) mass is 302 g/mol. The maximum atomic E-state index is 12.1. The lowest BCUT2D eigenvalue weighted by Crippen LogP contribution is -2.48. The molecule has 0 aliphatic carbocycles. The van der Waals surface area contributed by atoms with Gasteiger partial charge in [-0.3, -0.25) is 4.79 Å². The summed E-state index contributed by atoms with van der Waals surface area (Å²) in [6, 6.07) is 6.97. The maximum absolute atomic E-state index is 12.1. The maximum Gasteiger partial charge on any atom is 0.337 e. The third kappa shape index (κ3) is 4.18. The van der Waals surface area contributed by atoms with Crippen molar-refractivity contribution in [1.82, 2.24) is 9.80 Å². The van der Waals surface area contributed by atoms with E-state index in [1.807, 2.05) is 4.90 Å². The van der Waals surface area contributed by atoms with Gasteiger partial charge in [0.1, 0.15) is 0 Å². The lowest BCUT2D eigenvalue weighted by Gasteiger charge is -2.33. The quantitative estimate of drug-likeness (QED) is 0.627. The van der Waals surface area contributed by atoms with Crippen LogP contribution in [0.25, 0.3) is 6.08 Å². The van der Waals surface area contributed by atoms with Crippen LogP contribution in [0.2, 0.25) is 0 Å². The third-order valence-corrected chi connectivity index (χ3v) is 3.88. The number of ether oxygens (including phenoxy) is 1. The Morgan fingerprint density at radius 2 is 1.77 bits per heavy atom. The number of benzene rings is 1. The number of carbonyl (C=O) groups excluding carboxylic acids is 2. The summed E-state index contributed by atoms with van der Waals surface area (Å²) >= 11 is 0. The minimum Gasteiger partial charge on any atom is -0.465 e. The zero-order valence-corrected chi connectivity index (χ0v) is 13.1. The predicted molar refractivity (Wildman–Crippen MR) is 85.5 cm³/mol. The molecule has 5 nitrogen and oxygen atoms in total. The highest BCUT2D eigenvalue weighted by molar-refractivity contribution is 5.92. The Morgan fingerprint density at radius 1 is 1.14 bits per heavy atom. The van der Waals surface area contributed by atoms with Gasteiger partial charge in [-0.25, -0.2) is 4.79 Å². The Balaban J connectivity index is 1.91. The van der Waals surface area contributed by atoms with E-state index in [1.54, 1.807) is 36.4 Å². The van der Waals surface area contributed by atoms with Gasteiger partial charge in [-0.05, 0) is 30.3 Å². The van der Waals surface area contributed by atoms with Crippen molar-refractivity contribution >= 4 is 18.0 Å². The van der Waals surface area contributed by atoms with E-state index in [4.69, 9.17) is 0 Å². The second-order valence-electron chi connectivity index (χ2n) is 5.21. The number of rotatable bonds is 4. The van der Waals surface area contributed by atoms with Gasteiger partial charge in [0.05, 0.1) is 12.7 Å². The summed E-state index contributed by atoms with van der Waals surface area (Å²) in [5, 5.41) is 0. The van der Waals surface area contributed by atoms with Crippen LogP contribution in [0.4, 0.5) is 0 Å². The fraction of sp³-hybridized carbons (Fsp3) is 0.412. The Morgan fingerprint density at radius 3 is 2.32 bits per heavy atom. The number of amides is 1. The molecule has 0 atom stereocenters. The summed E-state index contributed by atoms with van der Waals surface area (Å²) in [5.74, 6) is -0.326. The number of likely N-dealkylation sites (N-methyl/N-ethyl adjacent to an activating group) is 1. The first-order valence-corrected chi connectivity index (χ1v) is 7.51. The highest BCUT2D eigenvalue weighted by Gasteiger charge is 2.18. The topological polar surface area (TPSA) is 49.9 Å². The molecular weight excluding hydrogens is 280 g/mol. The number of methoxy groups -OCH3 is 1. The van der Waals surface area contributed by atoms with Crippen molar-refractivity contribution < 1.29 is 14.3 Å². The van der Waals surface area contributed by atoms with Crippen molar-refractivity contribution in [2.45, 2.75) is 6.92 Å². The minimum absolute atomic E-state index is 0.0350. The summed E-state index contributed by atoms with van der Waals surface area (Å²) < 4.78 is 4.65. The molecule has 0 unspecified atom stereocenters. The molecule has 1 saturated heterocycles. The molecular formula is C17H22N2O3. The third-order valence-electron chi connectivity index (χ3n) is 3.88. The van der Waals surface area contributed by atoms with E-state index in [0.29, 0.717) is 5.56 Å². The summed E-state index contributed by atoms with van der Waals surface area (Å²) in [6.45, 7) is 6.59. The molecule has 1 heterocycles. The summed E-state index contributed by atoms with van der Waals surface area (Å²) in [4.78, 5) is 27.7. The Hall–Kier alpha value is -2.14. The number of nitrogens with zero attached hydrogens (tertiary/aromatic N) is 2. The molecule has 1 aromatic carbocycles. The lowest BCUT2D eigenvalue weighted by atomic mass is 10.1. The number of hydrogen-bond acceptors (Lipinski definition) is 4. The first-order valence-electron chi connectivity index (χ1n) is 7.51. The van der Waals surface area contributed by atoms with E-state index in [0.717, 1.165) is 38.3 Å². The average Bonchev–Trinajstić information content (AvgIpc) is 2.59. The number of hydrogen-bond donors (Lipinski definition) is 0. The smallest absolute Gasteiger partial charge is 0.337 e. The van der Waals surface area contributed by atoms with E-state index in [-0.39, 0.29) is 11.9 Å². The Labute approximate surface area is 131 Å². The molecule has 5 heteroatoms. The standard InChI is InChI=1S/C17H22N2O3/c1-3-18-10-12-19(13-11-18)16(20)9-6-14-4-7-15(8-5-14)17(21)22-2/h4-9H,3,10-13H2,1-2H3. The summed E-state index contributed by atoms with van der Waals surface area (Å²) in [7, 11) is 1.35. The molecule has 0 N–H and O–H groups in total. The number of carbonyl (C=O) groups is 2. The fourth-order valence-electron chi connectivity index (χ4n) is 2.41. The zero-order chi connectivity index (χ0) is 15.9. The van der Waals surface area contributed by atoms with Crippen LogP contribution in [0.1, 0.15) is 22.8 Å². The van der Waals surface area contributed by atoms with Gasteiger partial charge in [0.25, 0.3) is 0 Å². The van der Waals surface area contributed by atoms with E-state index >= 15 is 0 Å². The Bertz CT molecular complexity index is 544. The molecule has 1 aromatic rings. The number of piperazine rings is 1. The van der Waals surface area contributed by atoms with E-state index < -0.39 is 0 Å². The van der Waals surface area contributed by atoms with Crippen LogP contribution in [-0.4, -0.2) is 61.5 Å². The molecule has 0 spiro atoms. The zero-order valence-electron chi connectivity index (χ0n) is 13.1. The van der Waals surface area contributed by atoms with Gasteiger partial charge in [0, 0.05) is 32.3 Å². The molecule has 1 fully saturated rings. The minimum atomic E-state index is -0.361. The van der Waals surface area contributed by atoms with Crippen LogP contribution in [0.5, 0.6) is 0 Å². The Kier molecular flexibility index (Phi) is 5.72. The van der Waals surface area contributed by atoms with Crippen molar-refractivity contribution in [2.75, 3.05) is 39.8 Å². The molecule has 1 aliphatic heterocycles. The van der Waals surface area contributed by atoms with Gasteiger partial charge in [0.2, 0.25) is 5.91 Å². The second-order valence-corrected chi connectivity index (χ2v) is 5.21. The van der Waals surface area contributed by atoms with Crippen LogP contribution in [0, 0.1) is 0 Å². The molecule has 0 aromatic heterocycles. The van der Waals surface area contributed by atoms with Crippen LogP contribution in [0.3, 0.4) is 0 Å². The van der Waals surface area contributed by atoms with Gasteiger partial charge in [0.15, 0.2) is 0 Å². The molecule has 1 amide bonds. The molecule has 0 saturated carbocycles. The van der Waals surface area contributed by atoms with Gasteiger partial charge < -0.3 is 14.5 Å². The van der Waals surface area contributed by atoms with Crippen molar-refractivity contribution in [3.8, 4) is 0 Å². The normalized spacial score (nSPS) is 16.0. The first-order chi connectivity index (χ1) is 10.6. The molecule has 1 aliphatic rings. The van der Waals surface area contributed by atoms with Gasteiger partial charge in [-0.2, -0.15) is 0 Å². The molecule has 0 radical (unpaired) electrons. The van der Waals surface area contributed by atoms with Gasteiger partial charge >= 0.3 is 5.97 Å². The molecule has 2 rings (SSSR count). The van der Waals surface area contributed by atoms with Gasteiger partial charge in [-0.15, -0.1) is 0 Å².